The molecule has 0 aliphatic heterocycles. The molecule has 0 unspecified atom stereocenters. The van der Waals surface area contributed by atoms with Gasteiger partial charge >= 0.3 is 4.87 Å². The average molecular weight is 224 g/mol. The highest BCUT2D eigenvalue weighted by Gasteiger charge is 2.06. The SMILES string of the molecule is NC(=S)Cn1c(=O)sc2ccccc21. The minimum absolute atomic E-state index is 0.0148. The molecule has 1 heterocycles. The first-order chi connectivity index (χ1) is 6.68. The number of aromatic nitrogens is 1. The van der Waals surface area contributed by atoms with Crippen LogP contribution in [0.25, 0.3) is 10.2 Å². The normalized spacial score (nSPS) is 10.6. The number of nitrogens with zero attached hydrogens (tertiary/aromatic N) is 1. The van der Waals surface area contributed by atoms with Crippen LogP contribution in [0.3, 0.4) is 0 Å². The van der Waals surface area contributed by atoms with Gasteiger partial charge in [-0.15, -0.1) is 0 Å². The van der Waals surface area contributed by atoms with Crippen LogP contribution in [0.5, 0.6) is 0 Å². The summed E-state index contributed by atoms with van der Waals surface area (Å²) < 4.78 is 2.57. The van der Waals surface area contributed by atoms with Crippen LogP contribution in [-0.2, 0) is 6.54 Å². The van der Waals surface area contributed by atoms with E-state index in [0.29, 0.717) is 11.5 Å². The smallest absolute Gasteiger partial charge is 0.308 e. The predicted molar refractivity (Wildman–Crippen MR) is 62.9 cm³/mol. The lowest BCUT2D eigenvalue weighted by Crippen LogP contribution is -2.22. The van der Waals surface area contributed by atoms with E-state index in [1.807, 2.05) is 24.3 Å². The number of para-hydroxylation sites is 1. The number of nitrogens with two attached hydrogens (primary N) is 1. The van der Waals surface area contributed by atoms with E-state index in [-0.39, 0.29) is 4.87 Å². The molecule has 0 saturated heterocycles. The highest BCUT2D eigenvalue weighted by Crippen LogP contribution is 2.15. The first-order valence-corrected chi connectivity index (χ1v) is 5.27. The second-order valence-electron chi connectivity index (χ2n) is 2.89. The molecule has 2 N–H and O–H groups in total. The molecular weight excluding hydrogens is 216 g/mol. The van der Waals surface area contributed by atoms with Crippen LogP contribution in [0, 0.1) is 0 Å². The third-order valence-corrected chi connectivity index (χ3v) is 2.98. The largest absolute Gasteiger partial charge is 0.392 e. The fourth-order valence-electron chi connectivity index (χ4n) is 1.32. The molecule has 14 heavy (non-hydrogen) atoms. The maximum Gasteiger partial charge on any atom is 0.308 e. The first kappa shape index (κ1) is 9.36. The van der Waals surface area contributed by atoms with Gasteiger partial charge in [0.15, 0.2) is 0 Å². The second-order valence-corrected chi connectivity index (χ2v) is 4.41. The molecule has 2 rings (SSSR count). The van der Waals surface area contributed by atoms with E-state index in [1.54, 1.807) is 4.57 Å². The average Bonchev–Trinajstić information content (AvgIpc) is 2.43. The number of benzene rings is 1. The molecular formula is C9H8N2OS2. The maximum atomic E-state index is 11.5. The van der Waals surface area contributed by atoms with Crippen molar-refractivity contribution in [2.75, 3.05) is 0 Å². The van der Waals surface area contributed by atoms with Crippen LogP contribution in [0.2, 0.25) is 0 Å². The van der Waals surface area contributed by atoms with Crippen molar-refractivity contribution in [2.24, 2.45) is 5.73 Å². The van der Waals surface area contributed by atoms with E-state index in [0.717, 1.165) is 10.2 Å². The molecule has 72 valence electrons. The van der Waals surface area contributed by atoms with Crippen molar-refractivity contribution in [2.45, 2.75) is 6.54 Å². The highest BCUT2D eigenvalue weighted by molar-refractivity contribution is 7.80. The molecule has 0 bridgehead atoms. The summed E-state index contributed by atoms with van der Waals surface area (Å²) in [5.74, 6) is 0. The zero-order valence-electron chi connectivity index (χ0n) is 7.27. The van der Waals surface area contributed by atoms with Gasteiger partial charge in [-0.3, -0.25) is 9.36 Å². The van der Waals surface area contributed by atoms with Crippen molar-refractivity contribution in [3.63, 3.8) is 0 Å². The van der Waals surface area contributed by atoms with Crippen molar-refractivity contribution in [3.8, 4) is 0 Å². The maximum absolute atomic E-state index is 11.5. The van der Waals surface area contributed by atoms with Gasteiger partial charge in [0.2, 0.25) is 0 Å². The molecule has 5 heteroatoms. The Balaban J connectivity index is 2.68. The van der Waals surface area contributed by atoms with Crippen molar-refractivity contribution in [3.05, 3.63) is 33.9 Å². The van der Waals surface area contributed by atoms with E-state index in [4.69, 9.17) is 18.0 Å². The Morgan fingerprint density at radius 2 is 2.21 bits per heavy atom. The van der Waals surface area contributed by atoms with Crippen LogP contribution < -0.4 is 10.6 Å². The lowest BCUT2D eigenvalue weighted by molar-refractivity contribution is 0.875. The standard InChI is InChI=1S/C9H8N2OS2/c10-8(13)5-11-6-3-1-2-4-7(6)14-9(11)12/h1-4H,5H2,(H2,10,13). The van der Waals surface area contributed by atoms with Crippen molar-refractivity contribution >= 4 is 38.8 Å². The van der Waals surface area contributed by atoms with E-state index in [2.05, 4.69) is 0 Å². The molecule has 0 atom stereocenters. The molecule has 0 aliphatic carbocycles. The molecule has 3 nitrogen and oxygen atoms in total. The second kappa shape index (κ2) is 3.51. The summed E-state index contributed by atoms with van der Waals surface area (Å²) in [6, 6.07) is 7.61. The lowest BCUT2D eigenvalue weighted by Gasteiger charge is -2.00. The van der Waals surface area contributed by atoms with Gasteiger partial charge < -0.3 is 5.73 Å². The zero-order valence-corrected chi connectivity index (χ0v) is 8.90. The van der Waals surface area contributed by atoms with Gasteiger partial charge in [-0.2, -0.15) is 0 Å². The van der Waals surface area contributed by atoms with E-state index >= 15 is 0 Å². The molecule has 1 aromatic carbocycles. The van der Waals surface area contributed by atoms with E-state index in [1.165, 1.54) is 11.3 Å². The summed E-state index contributed by atoms with van der Waals surface area (Å²) in [5.41, 5.74) is 6.32. The number of hydrogen-bond acceptors (Lipinski definition) is 3. The Kier molecular flexibility index (Phi) is 2.35. The fraction of sp³-hybridized carbons (Fsp3) is 0.111. The van der Waals surface area contributed by atoms with Crippen LogP contribution in [0.15, 0.2) is 29.1 Å². The number of thiocarbonyl (C=S) groups is 1. The molecule has 0 radical (unpaired) electrons. The van der Waals surface area contributed by atoms with Gasteiger partial charge in [0, 0.05) is 0 Å². The third kappa shape index (κ3) is 1.56. The summed E-state index contributed by atoms with van der Waals surface area (Å²) in [7, 11) is 0. The number of hydrogen-bond donors (Lipinski definition) is 1. The Labute approximate surface area is 89.8 Å². The molecule has 0 amide bonds. The lowest BCUT2D eigenvalue weighted by atomic mass is 10.3. The van der Waals surface area contributed by atoms with Gasteiger partial charge in [0.05, 0.1) is 21.7 Å². The fourth-order valence-corrected chi connectivity index (χ4v) is 2.34. The minimum atomic E-state index is -0.0148. The van der Waals surface area contributed by atoms with Gasteiger partial charge in [-0.25, -0.2) is 0 Å². The van der Waals surface area contributed by atoms with Crippen LogP contribution in [0.4, 0.5) is 0 Å². The van der Waals surface area contributed by atoms with E-state index < -0.39 is 0 Å². The summed E-state index contributed by atoms with van der Waals surface area (Å²) in [4.78, 5) is 11.9. The summed E-state index contributed by atoms with van der Waals surface area (Å²) in [6.07, 6.45) is 0. The molecule has 0 spiro atoms. The van der Waals surface area contributed by atoms with Crippen molar-refractivity contribution < 1.29 is 0 Å². The number of fused-ring (bicyclic) bond motifs is 1. The van der Waals surface area contributed by atoms with Gasteiger partial charge in [-0.1, -0.05) is 35.7 Å². The van der Waals surface area contributed by atoms with Gasteiger partial charge in [0.1, 0.15) is 0 Å². The Morgan fingerprint density at radius 1 is 1.50 bits per heavy atom. The molecule has 0 fully saturated rings. The van der Waals surface area contributed by atoms with Crippen LogP contribution in [-0.4, -0.2) is 9.56 Å². The molecule has 1 aromatic heterocycles. The van der Waals surface area contributed by atoms with Crippen LogP contribution >= 0.6 is 23.6 Å². The minimum Gasteiger partial charge on any atom is -0.392 e. The first-order valence-electron chi connectivity index (χ1n) is 4.05. The predicted octanol–water partition coefficient (Wildman–Crippen LogP) is 1.35. The highest BCUT2D eigenvalue weighted by atomic mass is 32.1. The monoisotopic (exact) mass is 224 g/mol. The van der Waals surface area contributed by atoms with Crippen molar-refractivity contribution in [1.82, 2.24) is 4.57 Å². The van der Waals surface area contributed by atoms with Gasteiger partial charge in [0.25, 0.3) is 0 Å². The summed E-state index contributed by atoms with van der Waals surface area (Å²) in [6.45, 7) is 0.318. The molecule has 2 aromatic rings. The number of thiazole rings is 1. The van der Waals surface area contributed by atoms with E-state index in [9.17, 15) is 4.79 Å². The third-order valence-electron chi connectivity index (χ3n) is 1.89. The number of rotatable bonds is 2. The van der Waals surface area contributed by atoms with Gasteiger partial charge in [-0.05, 0) is 12.1 Å². The Hall–Kier alpha value is -1.20. The topological polar surface area (TPSA) is 48.0 Å². The Bertz CT molecular complexity index is 541. The summed E-state index contributed by atoms with van der Waals surface area (Å²) >= 11 is 6.00. The summed E-state index contributed by atoms with van der Waals surface area (Å²) in [5, 5.41) is 0. The quantitative estimate of drug-likeness (QED) is 0.783. The molecule has 0 aliphatic rings. The molecule has 0 saturated carbocycles. The van der Waals surface area contributed by atoms with Crippen LogP contribution in [0.1, 0.15) is 0 Å². The Morgan fingerprint density at radius 3 is 2.93 bits per heavy atom. The zero-order chi connectivity index (χ0) is 10.1. The van der Waals surface area contributed by atoms with Crippen molar-refractivity contribution in [1.29, 1.82) is 0 Å².